The van der Waals surface area contributed by atoms with Crippen molar-refractivity contribution in [2.75, 3.05) is 19.5 Å². The van der Waals surface area contributed by atoms with E-state index >= 15 is 0 Å². The average molecular weight is 422 g/mol. The maximum absolute atomic E-state index is 12.7. The van der Waals surface area contributed by atoms with E-state index in [2.05, 4.69) is 11.4 Å². The van der Waals surface area contributed by atoms with Crippen molar-refractivity contribution in [2.45, 2.75) is 51.0 Å². The number of carbonyl (C=O) groups is 1. The van der Waals surface area contributed by atoms with E-state index in [0.717, 1.165) is 65.1 Å². The van der Waals surface area contributed by atoms with Crippen LogP contribution in [0.3, 0.4) is 0 Å². The molecule has 1 amide bonds. The Bertz CT molecular complexity index is 946. The highest BCUT2D eigenvalue weighted by atomic mass is 16.6. The van der Waals surface area contributed by atoms with E-state index in [9.17, 15) is 4.79 Å². The van der Waals surface area contributed by atoms with Gasteiger partial charge in [0.05, 0.1) is 14.2 Å². The van der Waals surface area contributed by atoms with Crippen molar-refractivity contribution in [1.29, 1.82) is 0 Å². The molecule has 2 aromatic carbocycles. The minimum Gasteiger partial charge on any atom is -0.493 e. The van der Waals surface area contributed by atoms with Crippen molar-refractivity contribution < 1.29 is 19.0 Å². The van der Waals surface area contributed by atoms with Crippen LogP contribution < -0.4 is 14.8 Å². The lowest BCUT2D eigenvalue weighted by atomic mass is 9.54. The van der Waals surface area contributed by atoms with E-state index in [1.807, 2.05) is 37.3 Å². The third-order valence-corrected chi connectivity index (χ3v) is 7.42. The topological polar surface area (TPSA) is 56.8 Å². The number of anilines is 1. The van der Waals surface area contributed by atoms with Crippen LogP contribution in [0.1, 0.15) is 44.1 Å². The average Bonchev–Trinajstić information content (AvgIpc) is 2.72. The van der Waals surface area contributed by atoms with Crippen molar-refractivity contribution >= 4 is 11.8 Å². The third-order valence-electron chi connectivity index (χ3n) is 7.42. The second kappa shape index (κ2) is 7.77. The van der Waals surface area contributed by atoms with Gasteiger partial charge in [0, 0.05) is 5.69 Å². The summed E-state index contributed by atoms with van der Waals surface area (Å²) in [6, 6.07) is 11.9. The molecule has 1 N–H and O–H groups in total. The summed E-state index contributed by atoms with van der Waals surface area (Å²) in [5.74, 6) is 3.71. The summed E-state index contributed by atoms with van der Waals surface area (Å²) in [5.41, 5.74) is 3.62. The van der Waals surface area contributed by atoms with Crippen LogP contribution in [0.5, 0.6) is 11.5 Å². The molecule has 0 unspecified atom stereocenters. The van der Waals surface area contributed by atoms with Crippen LogP contribution >= 0.6 is 0 Å². The summed E-state index contributed by atoms with van der Waals surface area (Å²) in [6.07, 6.45) is 6.82. The number of methoxy groups -OCH3 is 2. The van der Waals surface area contributed by atoms with Gasteiger partial charge in [-0.25, -0.2) is 4.79 Å². The normalized spacial score (nSPS) is 28.3. The fourth-order valence-corrected chi connectivity index (χ4v) is 6.56. The summed E-state index contributed by atoms with van der Waals surface area (Å²) in [5, 5.41) is 2.94. The molecule has 0 heterocycles. The minimum absolute atomic E-state index is 0.226. The van der Waals surface area contributed by atoms with Gasteiger partial charge >= 0.3 is 6.09 Å². The molecule has 0 saturated heterocycles. The fourth-order valence-electron chi connectivity index (χ4n) is 6.56. The molecular formula is C26H31NO4. The van der Waals surface area contributed by atoms with Gasteiger partial charge in [-0.05, 0) is 104 Å². The molecule has 0 atom stereocenters. The van der Waals surface area contributed by atoms with Crippen LogP contribution in [0.15, 0.2) is 36.4 Å². The summed E-state index contributed by atoms with van der Waals surface area (Å²) in [7, 11) is 3.29. The Morgan fingerprint density at radius 1 is 0.903 bits per heavy atom. The zero-order valence-electron chi connectivity index (χ0n) is 18.6. The molecule has 31 heavy (non-hydrogen) atoms. The molecule has 5 heteroatoms. The second-order valence-electron chi connectivity index (χ2n) is 9.72. The quantitative estimate of drug-likeness (QED) is 0.625. The molecule has 5 nitrogen and oxygen atoms in total. The molecule has 4 aliphatic rings. The molecule has 4 fully saturated rings. The Balaban J connectivity index is 1.27. The van der Waals surface area contributed by atoms with Crippen molar-refractivity contribution in [3.8, 4) is 22.6 Å². The molecule has 0 spiro atoms. The zero-order chi connectivity index (χ0) is 21.6. The number of carbonyl (C=O) groups excluding carboxylic acids is 1. The first-order chi connectivity index (χ1) is 15.0. The number of nitrogens with one attached hydrogen (secondary N) is 1. The Kier molecular flexibility index (Phi) is 5.07. The van der Waals surface area contributed by atoms with Crippen LogP contribution in [-0.4, -0.2) is 25.9 Å². The highest BCUT2D eigenvalue weighted by Gasteiger charge is 2.53. The molecule has 4 aliphatic carbocycles. The van der Waals surface area contributed by atoms with E-state index in [1.165, 1.54) is 19.3 Å². The third kappa shape index (κ3) is 3.86. The van der Waals surface area contributed by atoms with Gasteiger partial charge in [-0.3, -0.25) is 5.32 Å². The van der Waals surface area contributed by atoms with E-state index in [1.54, 1.807) is 14.2 Å². The molecular weight excluding hydrogens is 390 g/mol. The maximum Gasteiger partial charge on any atom is 0.412 e. The van der Waals surface area contributed by atoms with Gasteiger partial charge in [0.2, 0.25) is 0 Å². The Hall–Kier alpha value is -2.69. The number of hydrogen-bond donors (Lipinski definition) is 1. The molecule has 6 rings (SSSR count). The van der Waals surface area contributed by atoms with Gasteiger partial charge in [0.15, 0.2) is 11.5 Å². The summed E-state index contributed by atoms with van der Waals surface area (Å²) >= 11 is 0. The van der Waals surface area contributed by atoms with E-state index < -0.39 is 0 Å². The van der Waals surface area contributed by atoms with E-state index in [4.69, 9.17) is 14.2 Å². The summed E-state index contributed by atoms with van der Waals surface area (Å²) < 4.78 is 17.0. The number of ether oxygens (including phenoxy) is 3. The van der Waals surface area contributed by atoms with Crippen LogP contribution in [-0.2, 0) is 4.74 Å². The Morgan fingerprint density at radius 2 is 1.52 bits per heavy atom. The summed E-state index contributed by atoms with van der Waals surface area (Å²) in [4.78, 5) is 12.7. The van der Waals surface area contributed by atoms with Gasteiger partial charge in [-0.15, -0.1) is 0 Å². The number of rotatable bonds is 5. The largest absolute Gasteiger partial charge is 0.493 e. The number of hydrogen-bond acceptors (Lipinski definition) is 4. The fraction of sp³-hybridized carbons (Fsp3) is 0.500. The van der Waals surface area contributed by atoms with Crippen LogP contribution in [0.25, 0.3) is 11.1 Å². The van der Waals surface area contributed by atoms with E-state index in [-0.39, 0.29) is 11.7 Å². The predicted octanol–water partition coefficient (Wildman–Crippen LogP) is 6.20. The lowest BCUT2D eigenvalue weighted by molar-refractivity contribution is -0.124. The van der Waals surface area contributed by atoms with Gasteiger partial charge < -0.3 is 14.2 Å². The van der Waals surface area contributed by atoms with Gasteiger partial charge in [-0.2, -0.15) is 0 Å². The van der Waals surface area contributed by atoms with Crippen molar-refractivity contribution in [3.63, 3.8) is 0 Å². The first-order valence-electron chi connectivity index (χ1n) is 11.3. The highest BCUT2D eigenvalue weighted by Crippen LogP contribution is 2.57. The SMILES string of the molecule is COc1cc(-c2ccc(NC(=O)OC34CC5CC(CC(C5)C3)C4)cc2)cc(C)c1OC. The van der Waals surface area contributed by atoms with Crippen LogP contribution in [0.4, 0.5) is 10.5 Å². The molecule has 0 aliphatic heterocycles. The molecule has 0 radical (unpaired) electrons. The zero-order valence-corrected chi connectivity index (χ0v) is 18.6. The second-order valence-corrected chi connectivity index (χ2v) is 9.72. The number of amides is 1. The molecule has 4 bridgehead atoms. The highest BCUT2D eigenvalue weighted by molar-refractivity contribution is 5.85. The smallest absolute Gasteiger partial charge is 0.412 e. The molecule has 2 aromatic rings. The van der Waals surface area contributed by atoms with Crippen molar-refractivity contribution in [3.05, 3.63) is 42.0 Å². The van der Waals surface area contributed by atoms with Crippen LogP contribution in [0, 0.1) is 24.7 Å². The van der Waals surface area contributed by atoms with E-state index in [0.29, 0.717) is 5.75 Å². The molecule has 164 valence electrons. The van der Waals surface area contributed by atoms with Gasteiger partial charge in [-0.1, -0.05) is 12.1 Å². The molecule has 4 saturated carbocycles. The van der Waals surface area contributed by atoms with Crippen molar-refractivity contribution in [2.24, 2.45) is 17.8 Å². The predicted molar refractivity (Wildman–Crippen MR) is 121 cm³/mol. The Morgan fingerprint density at radius 3 is 2.06 bits per heavy atom. The monoisotopic (exact) mass is 421 g/mol. The standard InChI is InChI=1S/C26H31NO4/c1-16-8-21(12-23(29-2)24(16)30-3)20-4-6-22(7-5-20)27-25(28)31-26-13-17-9-18(14-26)11-19(10-17)15-26/h4-8,12,17-19H,9-11,13-15H2,1-3H3,(H,27,28). The Labute approximate surface area is 184 Å². The summed E-state index contributed by atoms with van der Waals surface area (Å²) in [6.45, 7) is 2.00. The number of aryl methyl sites for hydroxylation is 1. The minimum atomic E-state index is -0.323. The maximum atomic E-state index is 12.7. The van der Waals surface area contributed by atoms with Gasteiger partial charge in [0.1, 0.15) is 5.60 Å². The first-order valence-corrected chi connectivity index (χ1v) is 11.3. The van der Waals surface area contributed by atoms with Crippen molar-refractivity contribution in [1.82, 2.24) is 0 Å². The molecule has 0 aromatic heterocycles. The lowest BCUT2D eigenvalue weighted by Gasteiger charge is -2.55. The van der Waals surface area contributed by atoms with Gasteiger partial charge in [0.25, 0.3) is 0 Å². The lowest BCUT2D eigenvalue weighted by Crippen LogP contribution is -2.53. The first kappa shape index (κ1) is 20.2. The number of benzene rings is 2. The van der Waals surface area contributed by atoms with Crippen LogP contribution in [0.2, 0.25) is 0 Å².